The van der Waals surface area contributed by atoms with E-state index >= 15 is 0 Å². The van der Waals surface area contributed by atoms with Crippen molar-refractivity contribution in [3.05, 3.63) is 0 Å². The first-order valence-electron chi connectivity index (χ1n) is 5.76. The summed E-state index contributed by atoms with van der Waals surface area (Å²) in [6.07, 6.45) is 5.54. The van der Waals surface area contributed by atoms with Crippen LogP contribution in [0.15, 0.2) is 0 Å². The van der Waals surface area contributed by atoms with Crippen LogP contribution in [-0.2, 0) is 0 Å². The number of nitrogens with two attached hydrogens (primary N) is 1. The lowest BCUT2D eigenvalue weighted by Gasteiger charge is -2.15. The van der Waals surface area contributed by atoms with Crippen molar-refractivity contribution in [3.8, 4) is 0 Å². The van der Waals surface area contributed by atoms with E-state index in [4.69, 9.17) is 5.84 Å². The Morgan fingerprint density at radius 2 is 2.07 bits per heavy atom. The van der Waals surface area contributed by atoms with Crippen LogP contribution in [0.1, 0.15) is 39.5 Å². The maximum atomic E-state index is 5.53. The van der Waals surface area contributed by atoms with Gasteiger partial charge in [0, 0.05) is 11.8 Å². The quantitative estimate of drug-likeness (QED) is 0.483. The van der Waals surface area contributed by atoms with Crippen LogP contribution in [0.3, 0.4) is 0 Å². The topological polar surface area (TPSA) is 38.0 Å². The van der Waals surface area contributed by atoms with Crippen molar-refractivity contribution in [2.75, 3.05) is 11.5 Å². The molecule has 0 saturated heterocycles. The van der Waals surface area contributed by atoms with E-state index in [1.807, 2.05) is 11.8 Å². The number of thioether (sulfide) groups is 1. The van der Waals surface area contributed by atoms with E-state index in [1.165, 1.54) is 37.2 Å². The van der Waals surface area contributed by atoms with Gasteiger partial charge in [0.05, 0.1) is 0 Å². The predicted molar refractivity (Wildman–Crippen MR) is 65.2 cm³/mol. The maximum absolute atomic E-state index is 5.53. The molecule has 1 unspecified atom stereocenters. The van der Waals surface area contributed by atoms with Crippen molar-refractivity contribution < 1.29 is 0 Å². The second kappa shape index (κ2) is 6.70. The third-order valence-electron chi connectivity index (χ3n) is 2.63. The molecule has 3 heteroatoms. The first-order valence-corrected chi connectivity index (χ1v) is 6.91. The molecule has 1 saturated carbocycles. The average molecular weight is 216 g/mol. The Bertz CT molecular complexity index is 146. The molecule has 3 N–H and O–H groups in total. The lowest BCUT2D eigenvalue weighted by molar-refractivity contribution is 0.501. The molecule has 0 spiro atoms. The molecule has 1 aliphatic carbocycles. The molecule has 0 bridgehead atoms. The number of hydrogen-bond acceptors (Lipinski definition) is 3. The average Bonchev–Trinajstić information content (AvgIpc) is 2.94. The highest BCUT2D eigenvalue weighted by Gasteiger charge is 2.22. The molecule has 1 rings (SSSR count). The first kappa shape index (κ1) is 12.3. The van der Waals surface area contributed by atoms with Gasteiger partial charge in [-0.2, -0.15) is 11.8 Å². The Morgan fingerprint density at radius 3 is 2.57 bits per heavy atom. The molecule has 1 atom stereocenters. The van der Waals surface area contributed by atoms with E-state index in [0.29, 0.717) is 6.04 Å². The summed E-state index contributed by atoms with van der Waals surface area (Å²) in [5.74, 6) is 9.77. The van der Waals surface area contributed by atoms with Gasteiger partial charge in [0.2, 0.25) is 0 Å². The van der Waals surface area contributed by atoms with Crippen LogP contribution in [0.25, 0.3) is 0 Å². The Balaban J connectivity index is 1.98. The molecule has 0 aromatic rings. The van der Waals surface area contributed by atoms with Crippen LogP contribution in [0.5, 0.6) is 0 Å². The summed E-state index contributed by atoms with van der Waals surface area (Å²) in [5, 5.41) is 0. The van der Waals surface area contributed by atoms with E-state index in [2.05, 4.69) is 19.3 Å². The molecule has 0 heterocycles. The van der Waals surface area contributed by atoms with Gasteiger partial charge >= 0.3 is 0 Å². The van der Waals surface area contributed by atoms with Gasteiger partial charge in [0.15, 0.2) is 0 Å². The van der Waals surface area contributed by atoms with Crippen LogP contribution in [0.2, 0.25) is 0 Å². The summed E-state index contributed by atoms with van der Waals surface area (Å²) in [6.45, 7) is 4.53. The maximum Gasteiger partial charge on any atom is 0.0301 e. The van der Waals surface area contributed by atoms with E-state index in [0.717, 1.165) is 11.8 Å². The lowest BCUT2D eigenvalue weighted by atomic mass is 10.1. The molecule has 2 nitrogen and oxygen atoms in total. The molecular weight excluding hydrogens is 192 g/mol. The standard InChI is InChI=1S/C11H24N2S/c1-9(2)7-14-8-11(13-12)6-5-10-3-4-10/h9-11,13H,3-8,12H2,1-2H3. The number of hydrazine groups is 1. The number of hydrogen-bond donors (Lipinski definition) is 2. The van der Waals surface area contributed by atoms with Crippen molar-refractivity contribution in [1.29, 1.82) is 0 Å². The zero-order valence-electron chi connectivity index (χ0n) is 9.46. The van der Waals surface area contributed by atoms with Crippen molar-refractivity contribution in [1.82, 2.24) is 5.43 Å². The Labute approximate surface area is 92.4 Å². The minimum absolute atomic E-state index is 0.527. The zero-order chi connectivity index (χ0) is 10.4. The Morgan fingerprint density at radius 1 is 1.36 bits per heavy atom. The molecule has 0 radical (unpaired) electrons. The first-order chi connectivity index (χ1) is 6.72. The van der Waals surface area contributed by atoms with Gasteiger partial charge in [-0.1, -0.05) is 26.7 Å². The van der Waals surface area contributed by atoms with Gasteiger partial charge in [-0.25, -0.2) is 0 Å². The lowest BCUT2D eigenvalue weighted by Crippen LogP contribution is -2.37. The fourth-order valence-corrected chi connectivity index (χ4v) is 2.66. The number of nitrogens with one attached hydrogen (secondary N) is 1. The fraction of sp³-hybridized carbons (Fsp3) is 1.00. The summed E-state index contributed by atoms with van der Waals surface area (Å²) < 4.78 is 0. The zero-order valence-corrected chi connectivity index (χ0v) is 10.3. The third kappa shape index (κ3) is 5.89. The highest BCUT2D eigenvalue weighted by atomic mass is 32.2. The summed E-state index contributed by atoms with van der Waals surface area (Å²) in [5.41, 5.74) is 2.94. The predicted octanol–water partition coefficient (Wildman–Crippen LogP) is 2.40. The summed E-state index contributed by atoms with van der Waals surface area (Å²) >= 11 is 2.02. The molecule has 0 aromatic carbocycles. The largest absolute Gasteiger partial charge is 0.271 e. The fourth-order valence-electron chi connectivity index (χ4n) is 1.50. The van der Waals surface area contributed by atoms with Crippen LogP contribution < -0.4 is 11.3 Å². The molecule has 14 heavy (non-hydrogen) atoms. The molecular formula is C11H24N2S. The van der Waals surface area contributed by atoms with Gasteiger partial charge in [-0.3, -0.25) is 11.3 Å². The van der Waals surface area contributed by atoms with Crippen molar-refractivity contribution in [2.24, 2.45) is 17.7 Å². The molecule has 1 fully saturated rings. The summed E-state index contributed by atoms with van der Waals surface area (Å²) in [6, 6.07) is 0.527. The Kier molecular flexibility index (Phi) is 5.90. The summed E-state index contributed by atoms with van der Waals surface area (Å²) in [4.78, 5) is 0. The SMILES string of the molecule is CC(C)CSCC(CCC1CC1)NN. The molecule has 0 amide bonds. The minimum atomic E-state index is 0.527. The molecule has 84 valence electrons. The van der Waals surface area contributed by atoms with Crippen LogP contribution >= 0.6 is 11.8 Å². The normalized spacial score (nSPS) is 18.9. The van der Waals surface area contributed by atoms with E-state index < -0.39 is 0 Å². The molecule has 0 aromatic heterocycles. The van der Waals surface area contributed by atoms with E-state index in [1.54, 1.807) is 0 Å². The monoisotopic (exact) mass is 216 g/mol. The molecule has 1 aliphatic rings. The van der Waals surface area contributed by atoms with Crippen LogP contribution in [0.4, 0.5) is 0 Å². The van der Waals surface area contributed by atoms with Crippen molar-refractivity contribution in [2.45, 2.75) is 45.6 Å². The van der Waals surface area contributed by atoms with Gasteiger partial charge < -0.3 is 0 Å². The van der Waals surface area contributed by atoms with Crippen LogP contribution in [0, 0.1) is 11.8 Å². The smallest absolute Gasteiger partial charge is 0.0301 e. The third-order valence-corrected chi connectivity index (χ3v) is 4.17. The van der Waals surface area contributed by atoms with Crippen LogP contribution in [-0.4, -0.2) is 17.5 Å². The van der Waals surface area contributed by atoms with E-state index in [-0.39, 0.29) is 0 Å². The van der Waals surface area contributed by atoms with Gasteiger partial charge in [0.25, 0.3) is 0 Å². The van der Waals surface area contributed by atoms with Gasteiger partial charge in [-0.15, -0.1) is 0 Å². The van der Waals surface area contributed by atoms with Gasteiger partial charge in [-0.05, 0) is 30.4 Å². The second-order valence-electron chi connectivity index (χ2n) is 4.82. The molecule has 0 aliphatic heterocycles. The van der Waals surface area contributed by atoms with Crippen molar-refractivity contribution >= 4 is 11.8 Å². The Hall–Kier alpha value is 0.270. The highest BCUT2D eigenvalue weighted by molar-refractivity contribution is 7.99. The minimum Gasteiger partial charge on any atom is -0.271 e. The summed E-state index contributed by atoms with van der Waals surface area (Å²) in [7, 11) is 0. The number of rotatable bonds is 8. The van der Waals surface area contributed by atoms with E-state index in [9.17, 15) is 0 Å². The van der Waals surface area contributed by atoms with Gasteiger partial charge in [0.1, 0.15) is 0 Å². The van der Waals surface area contributed by atoms with Crippen molar-refractivity contribution in [3.63, 3.8) is 0 Å². The second-order valence-corrected chi connectivity index (χ2v) is 5.89. The highest BCUT2D eigenvalue weighted by Crippen LogP contribution is 2.34.